The van der Waals surface area contributed by atoms with Crippen molar-refractivity contribution in [2.45, 2.75) is 25.7 Å². The zero-order valence-electron chi connectivity index (χ0n) is 20.2. The van der Waals surface area contributed by atoms with E-state index in [4.69, 9.17) is 14.6 Å². The second-order valence-corrected chi connectivity index (χ2v) is 8.02. The maximum atomic E-state index is 13.9. The van der Waals surface area contributed by atoms with Gasteiger partial charge >= 0.3 is 12.1 Å². The van der Waals surface area contributed by atoms with E-state index < -0.39 is 35.7 Å². The van der Waals surface area contributed by atoms with Crippen LogP contribution < -0.4 is 10.1 Å². The number of fused-ring (bicyclic) bond motifs is 1. The van der Waals surface area contributed by atoms with Gasteiger partial charge in [0.25, 0.3) is 5.91 Å². The Labute approximate surface area is 218 Å². The molecule has 8 nitrogen and oxygen atoms in total. The van der Waals surface area contributed by atoms with Crippen LogP contribution in [0, 0.1) is 18.6 Å². The third-order valence-corrected chi connectivity index (χ3v) is 5.37. The largest absolute Gasteiger partial charge is 0.490 e. The van der Waals surface area contributed by atoms with Crippen LogP contribution in [-0.4, -0.2) is 44.3 Å². The number of ether oxygens (including phenoxy) is 1. The number of benzene rings is 2. The molecular formula is C26H22F5N3O5. The molecule has 4 rings (SSSR count). The second kappa shape index (κ2) is 12.3. The number of aliphatic carboxylic acids is 1. The Bertz CT molecular complexity index is 1440. The Morgan fingerprint density at radius 1 is 1.03 bits per heavy atom. The average molecular weight is 551 g/mol. The van der Waals surface area contributed by atoms with Crippen molar-refractivity contribution in [3.63, 3.8) is 0 Å². The minimum absolute atomic E-state index is 0.190. The molecule has 4 aromatic rings. The summed E-state index contributed by atoms with van der Waals surface area (Å²) in [4.78, 5) is 26.4. The molecule has 0 aliphatic heterocycles. The number of aromatic nitrogens is 2. The molecule has 0 unspecified atom stereocenters. The summed E-state index contributed by atoms with van der Waals surface area (Å²) in [6.07, 6.45) is -3.43. The Hall–Kier alpha value is -4.52. The number of alkyl halides is 3. The van der Waals surface area contributed by atoms with Crippen molar-refractivity contribution in [2.24, 2.45) is 0 Å². The Balaban J connectivity index is 0.000000532. The zero-order chi connectivity index (χ0) is 28.7. The molecule has 206 valence electrons. The third kappa shape index (κ3) is 7.08. The summed E-state index contributed by atoms with van der Waals surface area (Å²) in [5.74, 6) is -4.30. The van der Waals surface area contributed by atoms with E-state index in [9.17, 15) is 31.9 Å². The number of pyridine rings is 1. The summed E-state index contributed by atoms with van der Waals surface area (Å²) in [6.45, 7) is 1.08. The van der Waals surface area contributed by atoms with E-state index in [2.05, 4.69) is 10.3 Å². The standard InChI is InChI=1S/C24H21F2N3O3.C2HF3O2/c1-15-22(24(31)28-20(13-30)16-7-3-2-4-8-16)29-12-6-11-21(23(29)27-15)32-14-17-18(25)9-5-10-19(17)26;3-2(4,5)1(6)7/h2-12,20,30H,13-14H2,1H3,(H,28,31);(H,6,7)/t20-;/m0./s1. The van der Waals surface area contributed by atoms with Gasteiger partial charge < -0.3 is 20.3 Å². The van der Waals surface area contributed by atoms with E-state index in [-0.39, 0.29) is 30.2 Å². The minimum atomic E-state index is -5.08. The lowest BCUT2D eigenvalue weighted by Crippen LogP contribution is -2.32. The number of nitrogens with one attached hydrogen (secondary N) is 1. The predicted octanol–water partition coefficient (Wildman–Crippen LogP) is 4.60. The number of carbonyl (C=O) groups excluding carboxylic acids is 1. The molecule has 0 aliphatic rings. The molecule has 0 saturated carbocycles. The van der Waals surface area contributed by atoms with Gasteiger partial charge in [0.15, 0.2) is 11.4 Å². The molecule has 0 radical (unpaired) electrons. The number of halogens is 5. The highest BCUT2D eigenvalue weighted by Gasteiger charge is 2.38. The number of aryl methyl sites for hydroxylation is 1. The quantitative estimate of drug-likeness (QED) is 0.290. The van der Waals surface area contributed by atoms with E-state index in [0.717, 1.165) is 17.7 Å². The molecule has 2 aromatic heterocycles. The summed E-state index contributed by atoms with van der Waals surface area (Å²) < 4.78 is 66.8. The monoisotopic (exact) mass is 551 g/mol. The van der Waals surface area contributed by atoms with Crippen LogP contribution in [0.4, 0.5) is 22.0 Å². The number of rotatable bonds is 7. The summed E-state index contributed by atoms with van der Waals surface area (Å²) in [6, 6.07) is 15.4. The molecule has 0 saturated heterocycles. The molecule has 2 heterocycles. The summed E-state index contributed by atoms with van der Waals surface area (Å²) in [5.41, 5.74) is 1.64. The number of hydrogen-bond acceptors (Lipinski definition) is 5. The first-order valence-corrected chi connectivity index (χ1v) is 11.2. The Kier molecular flexibility index (Phi) is 9.20. The van der Waals surface area contributed by atoms with Crippen molar-refractivity contribution in [1.82, 2.24) is 14.7 Å². The SMILES string of the molecule is Cc1nc2c(OCc3c(F)cccc3F)cccn2c1C(=O)N[C@@H](CO)c1ccccc1.O=C(O)C(F)(F)F. The molecule has 0 aliphatic carbocycles. The van der Waals surface area contributed by atoms with Crippen LogP contribution in [-0.2, 0) is 11.4 Å². The number of amides is 1. The van der Waals surface area contributed by atoms with Crippen LogP contribution in [0.3, 0.4) is 0 Å². The topological polar surface area (TPSA) is 113 Å². The number of hydrogen-bond donors (Lipinski definition) is 3. The van der Waals surface area contributed by atoms with Crippen LogP contribution in [0.1, 0.15) is 33.4 Å². The van der Waals surface area contributed by atoms with Crippen molar-refractivity contribution in [3.8, 4) is 5.75 Å². The van der Waals surface area contributed by atoms with E-state index in [1.807, 2.05) is 30.3 Å². The fourth-order valence-electron chi connectivity index (χ4n) is 3.51. The molecule has 1 amide bonds. The second-order valence-electron chi connectivity index (χ2n) is 8.02. The van der Waals surface area contributed by atoms with Crippen molar-refractivity contribution in [1.29, 1.82) is 0 Å². The van der Waals surface area contributed by atoms with E-state index in [1.165, 1.54) is 6.07 Å². The number of imidazole rings is 1. The highest BCUT2D eigenvalue weighted by molar-refractivity contribution is 5.95. The van der Waals surface area contributed by atoms with Gasteiger partial charge in [0.1, 0.15) is 23.9 Å². The summed E-state index contributed by atoms with van der Waals surface area (Å²) in [7, 11) is 0. The van der Waals surface area contributed by atoms with Crippen molar-refractivity contribution in [2.75, 3.05) is 6.61 Å². The van der Waals surface area contributed by atoms with E-state index in [0.29, 0.717) is 11.3 Å². The highest BCUT2D eigenvalue weighted by Crippen LogP contribution is 2.25. The van der Waals surface area contributed by atoms with Gasteiger partial charge in [-0.2, -0.15) is 13.2 Å². The molecular weight excluding hydrogens is 529 g/mol. The van der Waals surface area contributed by atoms with Gasteiger partial charge in [-0.15, -0.1) is 0 Å². The first-order valence-electron chi connectivity index (χ1n) is 11.2. The van der Waals surface area contributed by atoms with Gasteiger partial charge in [-0.05, 0) is 36.8 Å². The normalized spacial score (nSPS) is 11.9. The summed E-state index contributed by atoms with van der Waals surface area (Å²) >= 11 is 0. The molecule has 1 atom stereocenters. The number of carboxylic acid groups (broad SMARTS) is 1. The van der Waals surface area contributed by atoms with Gasteiger partial charge in [0.2, 0.25) is 0 Å². The van der Waals surface area contributed by atoms with Gasteiger partial charge in [-0.3, -0.25) is 9.20 Å². The average Bonchev–Trinajstić information content (AvgIpc) is 3.23. The minimum Gasteiger partial charge on any atom is -0.485 e. The first kappa shape index (κ1) is 29.0. The fraction of sp³-hybridized carbons (Fsp3) is 0.192. The smallest absolute Gasteiger partial charge is 0.485 e. The molecule has 3 N–H and O–H groups in total. The molecule has 39 heavy (non-hydrogen) atoms. The van der Waals surface area contributed by atoms with Crippen LogP contribution in [0.5, 0.6) is 5.75 Å². The van der Waals surface area contributed by atoms with Gasteiger partial charge in [0.05, 0.1) is 23.9 Å². The van der Waals surface area contributed by atoms with Crippen molar-refractivity contribution in [3.05, 3.63) is 101 Å². The van der Waals surface area contributed by atoms with Crippen LogP contribution in [0.2, 0.25) is 0 Å². The van der Waals surface area contributed by atoms with Crippen LogP contribution >= 0.6 is 0 Å². The van der Waals surface area contributed by atoms with Gasteiger partial charge in [0, 0.05) is 6.20 Å². The van der Waals surface area contributed by atoms with Gasteiger partial charge in [-0.25, -0.2) is 18.6 Å². The molecule has 0 spiro atoms. The Morgan fingerprint density at radius 2 is 1.64 bits per heavy atom. The van der Waals surface area contributed by atoms with E-state index in [1.54, 1.807) is 29.7 Å². The van der Waals surface area contributed by atoms with Crippen molar-refractivity contribution >= 4 is 17.5 Å². The Morgan fingerprint density at radius 3 is 2.21 bits per heavy atom. The molecule has 2 aromatic carbocycles. The molecule has 13 heteroatoms. The van der Waals surface area contributed by atoms with Crippen LogP contribution in [0.15, 0.2) is 66.9 Å². The number of carbonyl (C=O) groups is 2. The molecule has 0 bridgehead atoms. The lowest BCUT2D eigenvalue weighted by molar-refractivity contribution is -0.192. The third-order valence-electron chi connectivity index (χ3n) is 5.37. The van der Waals surface area contributed by atoms with E-state index >= 15 is 0 Å². The highest BCUT2D eigenvalue weighted by atomic mass is 19.4. The lowest BCUT2D eigenvalue weighted by atomic mass is 10.1. The predicted molar refractivity (Wildman–Crippen MR) is 128 cm³/mol. The zero-order valence-corrected chi connectivity index (χ0v) is 20.2. The number of aliphatic hydroxyl groups excluding tert-OH is 1. The van der Waals surface area contributed by atoms with Crippen LogP contribution in [0.25, 0.3) is 5.65 Å². The maximum absolute atomic E-state index is 13.9. The number of carboxylic acids is 1. The molecule has 0 fully saturated rings. The lowest BCUT2D eigenvalue weighted by Gasteiger charge is -2.17. The maximum Gasteiger partial charge on any atom is 0.490 e. The fourth-order valence-corrected chi connectivity index (χ4v) is 3.51. The van der Waals surface area contributed by atoms with Gasteiger partial charge in [-0.1, -0.05) is 36.4 Å². The first-order chi connectivity index (χ1) is 18.4. The summed E-state index contributed by atoms with van der Waals surface area (Å²) in [5, 5.41) is 19.7. The number of nitrogens with zero attached hydrogens (tertiary/aromatic N) is 2. The van der Waals surface area contributed by atoms with Crippen molar-refractivity contribution < 1.29 is 46.5 Å². The number of aliphatic hydroxyl groups is 1.